The number of ether oxygens (including phenoxy) is 13. The number of rotatable bonds is 45. The molecule has 38 heteroatoms. The van der Waals surface area contributed by atoms with Gasteiger partial charge >= 0.3 is 24.3 Å². The van der Waals surface area contributed by atoms with E-state index in [2.05, 4.69) is 62.2 Å². The number of urea groups is 1. The molecule has 3 saturated heterocycles. The maximum atomic E-state index is 14.9. The molecular weight excluding hydrogens is 1720 g/mol. The van der Waals surface area contributed by atoms with E-state index in [1.165, 1.54) is 36.2 Å². The number of unbranched alkanes of at least 4 members (excludes halogenated alkanes) is 2. The number of hydrogen-bond acceptors (Lipinski definition) is 26. The molecule has 3 fully saturated rings. The average Bonchev–Trinajstić information content (AvgIpc) is 1.60. The van der Waals surface area contributed by atoms with E-state index in [1.54, 1.807) is 133 Å². The molecule has 0 aromatic heterocycles. The zero-order valence-electron chi connectivity index (χ0n) is 77.8. The van der Waals surface area contributed by atoms with E-state index in [0.29, 0.717) is 73.1 Å². The van der Waals surface area contributed by atoms with Crippen molar-refractivity contribution in [1.82, 2.24) is 46.6 Å². The average molecular weight is 1850 g/mol. The molecule has 0 aliphatic carbocycles. The number of alkyl carbamates (subject to hydrolysis) is 1. The molecule has 6 aliphatic heterocycles. The Bertz CT molecular complexity index is 4920. The molecule has 6 heterocycles. The summed E-state index contributed by atoms with van der Waals surface area (Å²) in [6, 6.07) is 14.8. The molecule has 6 atom stereocenters. The van der Waals surface area contributed by atoms with Crippen molar-refractivity contribution in [3.8, 4) is 34.8 Å². The van der Waals surface area contributed by atoms with Gasteiger partial charge < -0.3 is 109 Å². The van der Waals surface area contributed by atoms with Crippen LogP contribution in [-0.2, 0) is 91.2 Å². The lowest BCUT2D eigenvalue weighted by atomic mass is 10.0. The summed E-state index contributed by atoms with van der Waals surface area (Å²) < 4.78 is 77.9. The van der Waals surface area contributed by atoms with E-state index in [1.807, 2.05) is 6.07 Å². The predicted molar refractivity (Wildman–Crippen MR) is 488 cm³/mol. The number of fused-ring (bicyclic) bond motifs is 4. The molecule has 2 unspecified atom stereocenters. The molecule has 13 amide bonds. The Labute approximate surface area is 775 Å². The number of amides is 13. The first kappa shape index (κ1) is 103. The zero-order valence-corrected chi connectivity index (χ0v) is 77.8. The summed E-state index contributed by atoms with van der Waals surface area (Å²) in [5, 5.41) is 19.5. The number of nitrogens with zero attached hydrogens (tertiary/aromatic N) is 5. The maximum absolute atomic E-state index is 14.9. The molecular formula is C95H127N13O25. The topological polar surface area (TPSA) is 451 Å². The van der Waals surface area contributed by atoms with Gasteiger partial charge in [0.05, 0.1) is 109 Å². The SMILES string of the molecule is C=C1C[C@H]2C(OC3CCCCO3)N(C(=O)OC(C)(C)C)c3cc(OCc4cc(C#CCNC(=O)CCOCCOCCOCCOCCNC(=O)OCc5ccc(NC(=O)[C@H](CCCNC(N)=O)NC(=O)[C@@H](NC(=O)CCCCCN6C(=O)C=CC6=O)C(C)C)cc5)cc(COc5cc6c(cc5OC)C(=O)N5CC(=C)C[C@@]5(NC)CN6C(=O)OC(C)(C)C)c4)c(OC)cc3C(=O)N2C1. The molecule has 0 saturated carbocycles. The summed E-state index contributed by atoms with van der Waals surface area (Å²) >= 11 is 0. The largest absolute Gasteiger partial charge is 0.493 e. The fraction of sp³-hybridized carbons (Fsp3) is 0.537. The molecule has 4 aromatic rings. The van der Waals surface area contributed by atoms with Crippen molar-refractivity contribution in [2.24, 2.45) is 11.7 Å². The molecule has 10 rings (SSSR count). The summed E-state index contributed by atoms with van der Waals surface area (Å²) in [4.78, 5) is 167. The quantitative estimate of drug-likeness (QED) is 0.00674. The third kappa shape index (κ3) is 30.1. The first-order chi connectivity index (χ1) is 63.5. The minimum atomic E-state index is -1.08. The van der Waals surface area contributed by atoms with Gasteiger partial charge in [0.1, 0.15) is 48.8 Å². The number of anilines is 3. The summed E-state index contributed by atoms with van der Waals surface area (Å²) in [7, 11) is 4.63. The Balaban J connectivity index is 0.673. The van der Waals surface area contributed by atoms with Crippen LogP contribution >= 0.6 is 0 Å². The molecule has 0 bridgehead atoms. The van der Waals surface area contributed by atoms with Gasteiger partial charge in [0, 0.05) is 94.1 Å². The second-order valence-electron chi connectivity index (χ2n) is 35.2. The Morgan fingerprint density at radius 1 is 0.632 bits per heavy atom. The third-order valence-electron chi connectivity index (χ3n) is 22.1. The Hall–Kier alpha value is -12.4. The van der Waals surface area contributed by atoms with Gasteiger partial charge in [-0.2, -0.15) is 0 Å². The Morgan fingerprint density at radius 3 is 1.86 bits per heavy atom. The second kappa shape index (κ2) is 48.9. The van der Waals surface area contributed by atoms with Gasteiger partial charge in [0.25, 0.3) is 23.6 Å². The molecule has 0 spiro atoms. The summed E-state index contributed by atoms with van der Waals surface area (Å²) in [6.45, 7) is 25.4. The van der Waals surface area contributed by atoms with Crippen molar-refractivity contribution in [3.63, 3.8) is 0 Å². The number of carbonyl (C=O) groups is 12. The fourth-order valence-corrected chi connectivity index (χ4v) is 15.6. The van der Waals surface area contributed by atoms with Crippen LogP contribution in [-0.4, -0.2) is 260 Å². The Kier molecular flexibility index (Phi) is 37.7. The van der Waals surface area contributed by atoms with Gasteiger partial charge in [-0.05, 0) is 165 Å². The monoisotopic (exact) mass is 1850 g/mol. The van der Waals surface area contributed by atoms with Crippen LogP contribution < -0.4 is 71.7 Å². The van der Waals surface area contributed by atoms with E-state index >= 15 is 0 Å². The lowest BCUT2D eigenvalue weighted by Crippen LogP contribution is -2.61. The number of nitrogens with two attached hydrogens (primary N) is 1. The van der Waals surface area contributed by atoms with Crippen molar-refractivity contribution in [2.45, 2.75) is 200 Å². The molecule has 9 N–H and O–H groups in total. The highest BCUT2D eigenvalue weighted by atomic mass is 16.7. The minimum absolute atomic E-state index is 0.0175. The number of carbonyl (C=O) groups excluding carboxylic acids is 12. The highest BCUT2D eigenvalue weighted by Crippen LogP contribution is 2.46. The Morgan fingerprint density at radius 2 is 1.26 bits per heavy atom. The van der Waals surface area contributed by atoms with Crippen LogP contribution in [0.25, 0.3) is 0 Å². The molecule has 0 radical (unpaired) electrons. The van der Waals surface area contributed by atoms with Crippen LogP contribution in [0.3, 0.4) is 0 Å². The first-order valence-corrected chi connectivity index (χ1v) is 44.8. The van der Waals surface area contributed by atoms with Crippen molar-refractivity contribution >= 4 is 88.6 Å². The zero-order chi connectivity index (χ0) is 96.1. The van der Waals surface area contributed by atoms with Crippen LogP contribution in [0.1, 0.15) is 175 Å². The van der Waals surface area contributed by atoms with Crippen LogP contribution in [0.4, 0.5) is 36.2 Å². The van der Waals surface area contributed by atoms with Gasteiger partial charge in [-0.25, -0.2) is 24.1 Å². The number of nitrogens with one attached hydrogen (secondary N) is 7. The highest BCUT2D eigenvalue weighted by Gasteiger charge is 2.52. The molecule has 38 nitrogen and oxygen atoms in total. The molecule has 4 aromatic carbocycles. The van der Waals surface area contributed by atoms with Crippen LogP contribution in [0.5, 0.6) is 23.0 Å². The lowest BCUT2D eigenvalue weighted by Gasteiger charge is -2.39. The lowest BCUT2D eigenvalue weighted by molar-refractivity contribution is -0.195. The normalized spacial score (nSPS) is 18.0. The minimum Gasteiger partial charge on any atom is -0.493 e. The summed E-state index contributed by atoms with van der Waals surface area (Å²) in [6.07, 6.45) is 3.59. The fourth-order valence-electron chi connectivity index (χ4n) is 15.6. The molecule has 6 aliphatic rings. The smallest absolute Gasteiger partial charge is 0.417 e. The van der Waals surface area contributed by atoms with Crippen molar-refractivity contribution in [2.75, 3.05) is 142 Å². The summed E-state index contributed by atoms with van der Waals surface area (Å²) in [5.41, 5.74) is 7.34. The molecule has 133 heavy (non-hydrogen) atoms. The number of imide groups is 1. The van der Waals surface area contributed by atoms with Crippen LogP contribution in [0.2, 0.25) is 0 Å². The summed E-state index contributed by atoms with van der Waals surface area (Å²) in [5.74, 6) is 3.30. The highest BCUT2D eigenvalue weighted by molar-refractivity contribution is 6.13. The van der Waals surface area contributed by atoms with Crippen molar-refractivity contribution in [1.29, 1.82) is 0 Å². The van der Waals surface area contributed by atoms with Gasteiger partial charge in [-0.15, -0.1) is 0 Å². The van der Waals surface area contributed by atoms with E-state index in [0.717, 1.165) is 28.9 Å². The van der Waals surface area contributed by atoms with Gasteiger partial charge in [0.15, 0.2) is 35.5 Å². The number of likely N-dealkylation sites (N-methyl/N-ethyl adjacent to an activating group) is 1. The van der Waals surface area contributed by atoms with Crippen LogP contribution in [0, 0.1) is 17.8 Å². The van der Waals surface area contributed by atoms with Gasteiger partial charge in [0.2, 0.25) is 23.6 Å². The predicted octanol–water partition coefficient (Wildman–Crippen LogP) is 8.68. The third-order valence-corrected chi connectivity index (χ3v) is 22.1. The van der Waals surface area contributed by atoms with E-state index in [-0.39, 0.29) is 231 Å². The number of benzene rings is 4. The standard InChI is InChI=1S/C95H127N13O25/c1-60(2)83(103-79(110)23-15-14-17-35-104-80(111)29-30-81(104)112)85(114)102-70(22-20-33-99-89(96)117)84(113)101-67-27-25-63(26-28-67)56-130-90(118)100-34-38-124-40-42-126-44-43-125-41-39-123-37-31-78(109)98-32-19-21-64-46-65(57-128-76-51-71-68(49-74(76)121-12)87(116)107-55-62(4)53-95(107,97-11)59-106(71)91(119)132-93(5,6)7)48-66(47-64)58-129-77-52-72-69(50-75(77)122-13)86(115)105-54-61(3)45-73(105)88(131-82-24-16-18-36-127-82)108(72)92(120)133-94(8,9)10/h25-30,46-52,60,70,73,82-83,88,97H,3-4,14-18,20,22-24,31-45,53-59H2,1-2,5-13H3,(H,98,109)(H,100,118)(H,101,113)(H,102,114)(H,103,110)(H3,96,99,117)/t70-,73-,82?,83-,88?,95-/m0/s1. The molecule has 722 valence electrons. The van der Waals surface area contributed by atoms with Crippen molar-refractivity contribution < 1.29 is 119 Å². The van der Waals surface area contributed by atoms with E-state index in [9.17, 15) is 57.5 Å². The number of methoxy groups -OCH3 is 2. The second-order valence-corrected chi connectivity index (χ2v) is 35.2. The van der Waals surface area contributed by atoms with Gasteiger partial charge in [-0.3, -0.25) is 53.5 Å². The first-order valence-electron chi connectivity index (χ1n) is 44.8. The number of hydrogen-bond donors (Lipinski definition) is 8. The van der Waals surface area contributed by atoms with Crippen LogP contribution in [0.15, 0.2) is 103 Å². The maximum Gasteiger partial charge on any atom is 0.417 e. The van der Waals surface area contributed by atoms with E-state index in [4.69, 9.17) is 67.3 Å². The van der Waals surface area contributed by atoms with Gasteiger partial charge in [-0.1, -0.05) is 68.5 Å². The number of primary amides is 1. The van der Waals surface area contributed by atoms with Crippen molar-refractivity contribution in [3.05, 3.63) is 137 Å². The van der Waals surface area contributed by atoms with E-state index < -0.39 is 83.6 Å².